The highest BCUT2D eigenvalue weighted by Gasteiger charge is 2.25. The molecule has 0 heterocycles. The van der Waals surface area contributed by atoms with Crippen molar-refractivity contribution in [3.63, 3.8) is 0 Å². The first-order valence-corrected chi connectivity index (χ1v) is 5.06. The lowest BCUT2D eigenvalue weighted by Crippen LogP contribution is -2.53. The highest BCUT2D eigenvalue weighted by Crippen LogP contribution is 2.07. The minimum Gasteiger partial charge on any atom is -0.379 e. The van der Waals surface area contributed by atoms with Gasteiger partial charge in [0.15, 0.2) is 0 Å². The molecule has 2 atom stereocenters. The zero-order valence-corrected chi connectivity index (χ0v) is 9.38. The van der Waals surface area contributed by atoms with E-state index in [1.54, 1.807) is 6.92 Å². The molecule has 84 valence electrons. The average Bonchev–Trinajstić information content (AvgIpc) is 2.04. The summed E-state index contributed by atoms with van der Waals surface area (Å²) in [6, 6.07) is 0. The summed E-state index contributed by atoms with van der Waals surface area (Å²) >= 11 is 0. The van der Waals surface area contributed by atoms with Crippen LogP contribution in [-0.4, -0.2) is 24.7 Å². The SMILES string of the molecule is CCCC(C)COCC(C)(N)C(N)=O. The standard InChI is InChI=1S/C10H22N2O2/c1-4-5-8(2)6-14-7-10(3,12)9(11)13/h8H,4-7,12H2,1-3H3,(H2,11,13). The van der Waals surface area contributed by atoms with Crippen LogP contribution in [0.15, 0.2) is 0 Å². The van der Waals surface area contributed by atoms with Gasteiger partial charge in [-0.25, -0.2) is 0 Å². The van der Waals surface area contributed by atoms with Crippen molar-refractivity contribution in [2.45, 2.75) is 39.2 Å². The van der Waals surface area contributed by atoms with Crippen LogP contribution in [0, 0.1) is 5.92 Å². The number of hydrogen-bond donors (Lipinski definition) is 2. The van der Waals surface area contributed by atoms with Crippen LogP contribution in [0.1, 0.15) is 33.6 Å². The molecule has 0 rings (SSSR count). The van der Waals surface area contributed by atoms with E-state index in [-0.39, 0.29) is 6.61 Å². The first kappa shape index (κ1) is 13.4. The van der Waals surface area contributed by atoms with E-state index >= 15 is 0 Å². The molecule has 4 nitrogen and oxygen atoms in total. The highest BCUT2D eigenvalue weighted by atomic mass is 16.5. The fourth-order valence-corrected chi connectivity index (χ4v) is 1.12. The summed E-state index contributed by atoms with van der Waals surface area (Å²) in [6.07, 6.45) is 2.26. The van der Waals surface area contributed by atoms with Gasteiger partial charge in [-0.15, -0.1) is 0 Å². The van der Waals surface area contributed by atoms with Crippen molar-refractivity contribution < 1.29 is 9.53 Å². The van der Waals surface area contributed by atoms with Crippen LogP contribution >= 0.6 is 0 Å². The Hall–Kier alpha value is -0.610. The Morgan fingerprint density at radius 2 is 2.14 bits per heavy atom. The van der Waals surface area contributed by atoms with Gasteiger partial charge in [0.25, 0.3) is 0 Å². The van der Waals surface area contributed by atoms with Gasteiger partial charge >= 0.3 is 0 Å². The third kappa shape index (κ3) is 5.19. The molecule has 4 N–H and O–H groups in total. The topological polar surface area (TPSA) is 78.3 Å². The highest BCUT2D eigenvalue weighted by molar-refractivity contribution is 5.83. The summed E-state index contributed by atoms with van der Waals surface area (Å²) in [5.74, 6) is -0.0238. The van der Waals surface area contributed by atoms with Crippen LogP contribution in [0.2, 0.25) is 0 Å². The first-order valence-electron chi connectivity index (χ1n) is 5.06. The normalized spacial score (nSPS) is 17.4. The third-order valence-corrected chi connectivity index (χ3v) is 2.15. The monoisotopic (exact) mass is 202 g/mol. The molecule has 0 aromatic rings. The van der Waals surface area contributed by atoms with Crippen LogP contribution in [0.5, 0.6) is 0 Å². The summed E-state index contributed by atoms with van der Waals surface area (Å²) < 4.78 is 5.35. The smallest absolute Gasteiger partial charge is 0.239 e. The molecule has 1 amide bonds. The molecule has 0 saturated heterocycles. The van der Waals surface area contributed by atoms with Gasteiger partial charge in [-0.2, -0.15) is 0 Å². The van der Waals surface area contributed by atoms with Gasteiger partial charge in [-0.05, 0) is 19.3 Å². The quantitative estimate of drug-likeness (QED) is 0.636. The maximum absolute atomic E-state index is 10.8. The van der Waals surface area contributed by atoms with Crippen molar-refractivity contribution in [3.05, 3.63) is 0 Å². The van der Waals surface area contributed by atoms with E-state index in [0.29, 0.717) is 12.5 Å². The molecule has 0 aliphatic carbocycles. The Balaban J connectivity index is 3.68. The number of amides is 1. The molecule has 0 aromatic carbocycles. The van der Waals surface area contributed by atoms with Crippen LogP contribution in [0.3, 0.4) is 0 Å². The van der Waals surface area contributed by atoms with Gasteiger partial charge in [-0.1, -0.05) is 20.3 Å². The van der Waals surface area contributed by atoms with Crippen LogP contribution in [0.25, 0.3) is 0 Å². The van der Waals surface area contributed by atoms with Crippen molar-refractivity contribution in [1.82, 2.24) is 0 Å². The average molecular weight is 202 g/mol. The molecule has 0 aliphatic heterocycles. The lowest BCUT2D eigenvalue weighted by atomic mass is 10.0. The van der Waals surface area contributed by atoms with Crippen LogP contribution in [-0.2, 0) is 9.53 Å². The van der Waals surface area contributed by atoms with Crippen LogP contribution in [0.4, 0.5) is 0 Å². The summed E-state index contributed by atoms with van der Waals surface area (Å²) in [7, 11) is 0. The molecular weight excluding hydrogens is 180 g/mol. The van der Waals surface area contributed by atoms with Gasteiger partial charge in [0.2, 0.25) is 5.91 Å². The molecule has 0 aliphatic rings. The number of carbonyl (C=O) groups is 1. The number of carbonyl (C=O) groups excluding carboxylic acids is 1. The second-order valence-corrected chi connectivity index (χ2v) is 4.19. The van der Waals surface area contributed by atoms with Crippen molar-refractivity contribution >= 4 is 5.91 Å². The predicted molar refractivity (Wildman–Crippen MR) is 56.7 cm³/mol. The van der Waals surface area contributed by atoms with E-state index in [1.807, 2.05) is 0 Å². The largest absolute Gasteiger partial charge is 0.379 e. The number of hydrogen-bond acceptors (Lipinski definition) is 3. The summed E-state index contributed by atoms with van der Waals surface area (Å²) in [6.45, 7) is 6.65. The summed E-state index contributed by atoms with van der Waals surface area (Å²) in [4.78, 5) is 10.8. The van der Waals surface area contributed by atoms with E-state index in [1.165, 1.54) is 0 Å². The Morgan fingerprint density at radius 1 is 1.57 bits per heavy atom. The van der Waals surface area contributed by atoms with Crippen LogP contribution < -0.4 is 11.5 Å². The molecule has 14 heavy (non-hydrogen) atoms. The van der Waals surface area contributed by atoms with Gasteiger partial charge in [0.1, 0.15) is 5.54 Å². The number of rotatable bonds is 7. The molecule has 2 unspecified atom stereocenters. The number of ether oxygens (including phenoxy) is 1. The predicted octanol–water partition coefficient (Wildman–Crippen LogP) is 0.642. The molecule has 0 saturated carbocycles. The fraction of sp³-hybridized carbons (Fsp3) is 0.900. The van der Waals surface area contributed by atoms with E-state index in [2.05, 4.69) is 13.8 Å². The Morgan fingerprint density at radius 3 is 2.57 bits per heavy atom. The maximum atomic E-state index is 10.8. The molecule has 0 aromatic heterocycles. The van der Waals surface area contributed by atoms with Gasteiger partial charge < -0.3 is 16.2 Å². The van der Waals surface area contributed by atoms with E-state index in [0.717, 1.165) is 12.8 Å². The van der Waals surface area contributed by atoms with E-state index < -0.39 is 11.4 Å². The molecule has 0 fully saturated rings. The minimum atomic E-state index is -1.05. The molecule has 4 heteroatoms. The van der Waals surface area contributed by atoms with Crippen molar-refractivity contribution in [1.29, 1.82) is 0 Å². The van der Waals surface area contributed by atoms with Gasteiger partial charge in [-0.3, -0.25) is 4.79 Å². The minimum absolute atomic E-state index is 0.191. The van der Waals surface area contributed by atoms with Crippen molar-refractivity contribution in [2.75, 3.05) is 13.2 Å². The number of nitrogens with two attached hydrogens (primary N) is 2. The van der Waals surface area contributed by atoms with Gasteiger partial charge in [0, 0.05) is 6.61 Å². The Kier molecular flexibility index (Phi) is 5.72. The number of primary amides is 1. The Labute approximate surface area is 86.0 Å². The van der Waals surface area contributed by atoms with E-state index in [9.17, 15) is 4.79 Å². The van der Waals surface area contributed by atoms with Crippen molar-refractivity contribution in [2.24, 2.45) is 17.4 Å². The Bertz CT molecular complexity index is 181. The molecular formula is C10H22N2O2. The summed E-state index contributed by atoms with van der Waals surface area (Å²) in [5, 5.41) is 0. The first-order chi connectivity index (χ1) is 6.40. The van der Waals surface area contributed by atoms with E-state index in [4.69, 9.17) is 16.2 Å². The second kappa shape index (κ2) is 5.98. The second-order valence-electron chi connectivity index (χ2n) is 4.19. The lowest BCUT2D eigenvalue weighted by Gasteiger charge is -2.21. The third-order valence-electron chi connectivity index (χ3n) is 2.15. The van der Waals surface area contributed by atoms with Crippen molar-refractivity contribution in [3.8, 4) is 0 Å². The maximum Gasteiger partial charge on any atom is 0.239 e. The molecule has 0 bridgehead atoms. The molecule has 0 spiro atoms. The molecule has 0 radical (unpaired) electrons. The lowest BCUT2D eigenvalue weighted by molar-refractivity contribution is -0.124. The van der Waals surface area contributed by atoms with Gasteiger partial charge in [0.05, 0.1) is 6.61 Å². The fourth-order valence-electron chi connectivity index (χ4n) is 1.12. The summed E-state index contributed by atoms with van der Waals surface area (Å²) in [5.41, 5.74) is 9.67. The zero-order chi connectivity index (χ0) is 11.2. The zero-order valence-electron chi connectivity index (χ0n) is 9.38.